The predicted molar refractivity (Wildman–Crippen MR) is 78.5 cm³/mol. The van der Waals surface area contributed by atoms with E-state index in [0.717, 1.165) is 16.7 Å². The van der Waals surface area contributed by atoms with Crippen LogP contribution in [0.3, 0.4) is 0 Å². The van der Waals surface area contributed by atoms with E-state index in [-0.39, 0.29) is 10.2 Å². The lowest BCUT2D eigenvalue weighted by atomic mass is 10.1. The Morgan fingerprint density at radius 1 is 1.05 bits per heavy atom. The summed E-state index contributed by atoms with van der Waals surface area (Å²) < 4.78 is 27.1. The van der Waals surface area contributed by atoms with E-state index in [1.54, 1.807) is 0 Å². The van der Waals surface area contributed by atoms with Crippen molar-refractivity contribution in [3.05, 3.63) is 46.5 Å². The summed E-state index contributed by atoms with van der Waals surface area (Å²) in [6.07, 6.45) is 2.35. The van der Waals surface area contributed by atoms with E-state index in [0.29, 0.717) is 5.69 Å². The second-order valence-corrected chi connectivity index (χ2v) is 6.59. The van der Waals surface area contributed by atoms with Crippen LogP contribution in [0.15, 0.2) is 29.4 Å². The van der Waals surface area contributed by atoms with E-state index in [4.69, 9.17) is 11.6 Å². The standard InChI is InChI=1S/C13H14ClN3O2S/c1-8-4-9(2)12(10(3)5-8)17-20(18,19)11-6-15-13(14)16-7-11/h4-7,17H,1-3H3. The monoisotopic (exact) mass is 311 g/mol. The van der Waals surface area contributed by atoms with Crippen LogP contribution < -0.4 is 4.72 Å². The van der Waals surface area contributed by atoms with Gasteiger partial charge in [-0.2, -0.15) is 0 Å². The number of aromatic nitrogens is 2. The van der Waals surface area contributed by atoms with Crippen molar-refractivity contribution in [2.75, 3.05) is 4.72 Å². The van der Waals surface area contributed by atoms with Crippen molar-refractivity contribution in [3.63, 3.8) is 0 Å². The molecule has 0 unspecified atom stereocenters. The Balaban J connectivity index is 2.41. The zero-order chi connectivity index (χ0) is 14.9. The molecule has 0 saturated heterocycles. The zero-order valence-corrected chi connectivity index (χ0v) is 12.9. The smallest absolute Gasteiger partial charge is 0.264 e. The van der Waals surface area contributed by atoms with E-state index < -0.39 is 10.0 Å². The number of sulfonamides is 1. The molecule has 0 amide bonds. The van der Waals surface area contributed by atoms with Gasteiger partial charge in [0.1, 0.15) is 4.90 Å². The van der Waals surface area contributed by atoms with Crippen molar-refractivity contribution < 1.29 is 8.42 Å². The molecule has 0 aliphatic rings. The van der Waals surface area contributed by atoms with Crippen LogP contribution >= 0.6 is 11.6 Å². The Hall–Kier alpha value is -1.66. The van der Waals surface area contributed by atoms with Crippen molar-refractivity contribution in [1.29, 1.82) is 0 Å². The fourth-order valence-corrected chi connectivity index (χ4v) is 3.16. The molecule has 5 nitrogen and oxygen atoms in total. The maximum atomic E-state index is 12.3. The fraction of sp³-hybridized carbons (Fsp3) is 0.231. The Kier molecular flexibility index (Phi) is 3.96. The van der Waals surface area contributed by atoms with Gasteiger partial charge in [0.05, 0.1) is 18.1 Å². The molecule has 106 valence electrons. The maximum absolute atomic E-state index is 12.3. The van der Waals surface area contributed by atoms with Crippen LogP contribution in [0, 0.1) is 20.8 Å². The average molecular weight is 312 g/mol. The first-order valence-electron chi connectivity index (χ1n) is 5.88. The fourth-order valence-electron chi connectivity index (χ4n) is 1.97. The largest absolute Gasteiger partial charge is 0.279 e. The van der Waals surface area contributed by atoms with Gasteiger partial charge in [-0.25, -0.2) is 18.4 Å². The highest BCUT2D eigenvalue weighted by molar-refractivity contribution is 7.92. The lowest BCUT2D eigenvalue weighted by Gasteiger charge is -2.14. The molecule has 2 rings (SSSR count). The third-order valence-corrected chi connectivity index (χ3v) is 4.32. The topological polar surface area (TPSA) is 72.0 Å². The number of aryl methyl sites for hydroxylation is 3. The summed E-state index contributed by atoms with van der Waals surface area (Å²) in [5.74, 6) is 0. The molecule has 1 heterocycles. The first-order valence-corrected chi connectivity index (χ1v) is 7.74. The molecule has 0 radical (unpaired) electrons. The molecule has 20 heavy (non-hydrogen) atoms. The van der Waals surface area contributed by atoms with Gasteiger partial charge in [-0.3, -0.25) is 4.72 Å². The van der Waals surface area contributed by atoms with Gasteiger partial charge in [0.15, 0.2) is 0 Å². The van der Waals surface area contributed by atoms with Gasteiger partial charge in [-0.1, -0.05) is 17.7 Å². The molecule has 2 aromatic rings. The van der Waals surface area contributed by atoms with Gasteiger partial charge in [0.25, 0.3) is 10.0 Å². The van der Waals surface area contributed by atoms with Crippen molar-refractivity contribution in [3.8, 4) is 0 Å². The van der Waals surface area contributed by atoms with E-state index in [2.05, 4.69) is 14.7 Å². The normalized spacial score (nSPS) is 11.4. The second kappa shape index (κ2) is 5.38. The van der Waals surface area contributed by atoms with Crippen LogP contribution in [0.2, 0.25) is 5.28 Å². The summed E-state index contributed by atoms with van der Waals surface area (Å²) in [5.41, 5.74) is 3.38. The third-order valence-electron chi connectivity index (χ3n) is 2.82. The molecule has 0 aliphatic heterocycles. The van der Waals surface area contributed by atoms with Crippen LogP contribution in [0.4, 0.5) is 5.69 Å². The molecular weight excluding hydrogens is 298 g/mol. The number of hydrogen-bond donors (Lipinski definition) is 1. The minimum atomic E-state index is -3.72. The summed E-state index contributed by atoms with van der Waals surface area (Å²) in [7, 11) is -3.72. The van der Waals surface area contributed by atoms with Gasteiger partial charge in [0, 0.05) is 0 Å². The molecule has 0 aliphatic carbocycles. The maximum Gasteiger partial charge on any atom is 0.264 e. The lowest BCUT2D eigenvalue weighted by Crippen LogP contribution is -2.15. The number of nitrogens with one attached hydrogen (secondary N) is 1. The van der Waals surface area contributed by atoms with Crippen LogP contribution in [0.5, 0.6) is 0 Å². The van der Waals surface area contributed by atoms with Gasteiger partial charge in [0.2, 0.25) is 5.28 Å². The Labute approximate surface area is 123 Å². The van der Waals surface area contributed by atoms with E-state index in [9.17, 15) is 8.42 Å². The summed E-state index contributed by atoms with van der Waals surface area (Å²) in [6, 6.07) is 3.84. The first-order chi connectivity index (χ1) is 9.29. The van der Waals surface area contributed by atoms with Crippen molar-refractivity contribution >= 4 is 27.3 Å². The van der Waals surface area contributed by atoms with E-state index >= 15 is 0 Å². The number of halogens is 1. The quantitative estimate of drug-likeness (QED) is 0.885. The highest BCUT2D eigenvalue weighted by Crippen LogP contribution is 2.24. The Morgan fingerprint density at radius 3 is 2.05 bits per heavy atom. The molecule has 0 bridgehead atoms. The molecule has 0 spiro atoms. The molecule has 7 heteroatoms. The third kappa shape index (κ3) is 3.08. The van der Waals surface area contributed by atoms with Crippen LogP contribution in [0.1, 0.15) is 16.7 Å². The molecule has 0 saturated carbocycles. The SMILES string of the molecule is Cc1cc(C)c(NS(=O)(=O)c2cnc(Cl)nc2)c(C)c1. The van der Waals surface area contributed by atoms with Crippen molar-refractivity contribution in [1.82, 2.24) is 9.97 Å². The molecule has 1 aromatic carbocycles. The number of nitrogens with zero attached hydrogens (tertiary/aromatic N) is 2. The number of benzene rings is 1. The van der Waals surface area contributed by atoms with Crippen molar-refractivity contribution in [2.24, 2.45) is 0 Å². The van der Waals surface area contributed by atoms with Crippen LogP contribution in [0.25, 0.3) is 0 Å². The van der Waals surface area contributed by atoms with E-state index in [1.807, 2.05) is 32.9 Å². The van der Waals surface area contributed by atoms with Gasteiger partial charge in [-0.05, 0) is 43.5 Å². The lowest BCUT2D eigenvalue weighted by molar-refractivity contribution is 0.600. The van der Waals surface area contributed by atoms with Crippen LogP contribution in [-0.2, 0) is 10.0 Å². The van der Waals surface area contributed by atoms with E-state index in [1.165, 1.54) is 12.4 Å². The predicted octanol–water partition coefficient (Wildman–Crippen LogP) is 2.86. The zero-order valence-electron chi connectivity index (χ0n) is 11.3. The first kappa shape index (κ1) is 14.7. The molecule has 0 atom stereocenters. The van der Waals surface area contributed by atoms with Crippen LogP contribution in [-0.4, -0.2) is 18.4 Å². The highest BCUT2D eigenvalue weighted by Gasteiger charge is 2.17. The molecule has 1 N–H and O–H groups in total. The number of hydrogen-bond acceptors (Lipinski definition) is 4. The minimum Gasteiger partial charge on any atom is -0.279 e. The Morgan fingerprint density at radius 2 is 1.55 bits per heavy atom. The molecule has 0 fully saturated rings. The Bertz CT molecular complexity index is 720. The van der Waals surface area contributed by atoms with Gasteiger partial charge in [-0.15, -0.1) is 0 Å². The van der Waals surface area contributed by atoms with Crippen molar-refractivity contribution in [2.45, 2.75) is 25.7 Å². The summed E-state index contributed by atoms with van der Waals surface area (Å²) >= 11 is 5.55. The molecule has 1 aromatic heterocycles. The van der Waals surface area contributed by atoms with Gasteiger partial charge < -0.3 is 0 Å². The second-order valence-electron chi connectivity index (χ2n) is 4.57. The summed E-state index contributed by atoms with van der Waals surface area (Å²) in [5, 5.41) is 0.00615. The number of rotatable bonds is 3. The minimum absolute atomic E-state index is 0.00615. The van der Waals surface area contributed by atoms with Gasteiger partial charge >= 0.3 is 0 Å². The summed E-state index contributed by atoms with van der Waals surface area (Å²) in [6.45, 7) is 5.68. The number of anilines is 1. The average Bonchev–Trinajstić information content (AvgIpc) is 2.34. The summed E-state index contributed by atoms with van der Waals surface area (Å²) in [4.78, 5) is 7.34. The molecular formula is C13H14ClN3O2S. The highest BCUT2D eigenvalue weighted by atomic mass is 35.5.